The Bertz CT molecular complexity index is 339. The van der Waals surface area contributed by atoms with Crippen molar-refractivity contribution in [1.29, 1.82) is 0 Å². The molecule has 0 aromatic carbocycles. The maximum atomic E-state index is 4.04. The minimum Gasteiger partial charge on any atom is -0.309 e. The molecule has 0 bridgehead atoms. The molecule has 6 heteroatoms. The third-order valence-corrected chi connectivity index (χ3v) is 15.6. The van der Waals surface area contributed by atoms with Crippen molar-refractivity contribution < 1.29 is 0 Å². The molecule has 0 spiro atoms. The van der Waals surface area contributed by atoms with E-state index in [4.69, 9.17) is 0 Å². The summed E-state index contributed by atoms with van der Waals surface area (Å²) in [5, 5.41) is 0. The molecule has 0 heterocycles. The number of hydrogen-bond donors (Lipinski definition) is 0. The Morgan fingerprint density at radius 1 is 0.464 bits per heavy atom. The summed E-state index contributed by atoms with van der Waals surface area (Å²) in [6, 6.07) is 0. The van der Waals surface area contributed by atoms with E-state index in [1.165, 1.54) is 0 Å². The molecule has 0 aromatic heterocycles. The van der Waals surface area contributed by atoms with Crippen LogP contribution < -0.4 is 0 Å². The zero-order valence-corrected chi connectivity index (χ0v) is 23.0. The van der Waals surface area contributed by atoms with Gasteiger partial charge in [-0.1, -0.05) is 66.8 Å². The van der Waals surface area contributed by atoms with Gasteiger partial charge in [0.1, 0.15) is 0 Å². The van der Waals surface area contributed by atoms with Crippen molar-refractivity contribution in [2.24, 2.45) is 0 Å². The van der Waals surface area contributed by atoms with Crippen LogP contribution in [-0.2, 0) is 0 Å². The maximum Gasteiger partial charge on any atom is 0.228 e. The lowest BCUT2D eigenvalue weighted by molar-refractivity contribution is 0.366. The summed E-state index contributed by atoms with van der Waals surface area (Å²) in [7, 11) is -3.10. The monoisotopic (exact) mass is 428 g/mol. The van der Waals surface area contributed by atoms with E-state index in [1.54, 1.807) is 0 Å². The molecule has 0 fully saturated rings. The third kappa shape index (κ3) is 7.54. The second-order valence-corrected chi connectivity index (χ2v) is 15.0. The number of nitrogens with zero attached hydrogens (tertiary/aromatic N) is 4. The largest absolute Gasteiger partial charge is 0.309 e. The van der Waals surface area contributed by atoms with Crippen molar-refractivity contribution in [1.82, 2.24) is 18.3 Å². The Morgan fingerprint density at radius 2 is 0.607 bits per heavy atom. The summed E-state index contributed by atoms with van der Waals surface area (Å²) in [6.45, 7) is 39.8. The van der Waals surface area contributed by atoms with Gasteiger partial charge < -0.3 is 18.3 Å². The second kappa shape index (κ2) is 15.6. The highest BCUT2D eigenvalue weighted by Gasteiger charge is 2.36. The van der Waals surface area contributed by atoms with Gasteiger partial charge in [0, 0.05) is 0 Å². The maximum absolute atomic E-state index is 4.04. The van der Waals surface area contributed by atoms with Gasteiger partial charge in [0.2, 0.25) is 16.8 Å². The fourth-order valence-electron chi connectivity index (χ4n) is 4.37. The Balaban J connectivity index is 0. The zero-order chi connectivity index (χ0) is 22.4. The van der Waals surface area contributed by atoms with E-state index in [1.807, 2.05) is 0 Å². The van der Waals surface area contributed by atoms with E-state index >= 15 is 0 Å². The number of rotatable bonds is 14. The average Bonchev–Trinajstić information content (AvgIpc) is 2.71. The van der Waals surface area contributed by atoms with Crippen LogP contribution >= 0.6 is 0 Å². The predicted molar refractivity (Wildman–Crippen MR) is 135 cm³/mol. The zero-order valence-electron chi connectivity index (χ0n) is 21.0. The Labute approximate surface area is 180 Å². The molecule has 0 saturated heterocycles. The normalized spacial score (nSPS) is 12.5. The van der Waals surface area contributed by atoms with Crippen molar-refractivity contribution in [3.8, 4) is 0 Å². The first-order chi connectivity index (χ1) is 13.2. The highest BCUT2D eigenvalue weighted by molar-refractivity contribution is 6.78. The molecule has 0 saturated carbocycles. The Morgan fingerprint density at radius 3 is 0.679 bits per heavy atom. The molecule has 0 aliphatic heterocycles. The summed E-state index contributed by atoms with van der Waals surface area (Å²) in [4.78, 5) is 0. The summed E-state index contributed by atoms with van der Waals surface area (Å²) in [6.07, 6.45) is 0. The topological polar surface area (TPSA) is 13.0 Å². The molecule has 0 amide bonds. The third-order valence-electron chi connectivity index (χ3n) is 6.39. The fourth-order valence-corrected chi connectivity index (χ4v) is 11.3. The lowest BCUT2D eigenvalue weighted by Crippen LogP contribution is -2.62. The fraction of sp³-hybridized carbons (Fsp3) is 0.818. The minimum absolute atomic E-state index is 1.13. The van der Waals surface area contributed by atoms with Crippen LogP contribution in [0.5, 0.6) is 0 Å². The van der Waals surface area contributed by atoms with E-state index in [2.05, 4.69) is 111 Å². The van der Waals surface area contributed by atoms with Crippen LogP contribution in [-0.4, -0.2) is 87.4 Å². The summed E-state index contributed by atoms with van der Waals surface area (Å²) >= 11 is 0. The number of hydrogen-bond acceptors (Lipinski definition) is 4. The van der Waals surface area contributed by atoms with Gasteiger partial charge in [0.05, 0.1) is 0 Å². The van der Waals surface area contributed by atoms with Gasteiger partial charge in [-0.25, -0.2) is 0 Å². The average molecular weight is 429 g/mol. The molecule has 0 aliphatic carbocycles. The molecule has 0 N–H and O–H groups in total. The summed E-state index contributed by atoms with van der Waals surface area (Å²) in [5.41, 5.74) is 4.40. The van der Waals surface area contributed by atoms with Crippen LogP contribution in [0.3, 0.4) is 0 Å². The van der Waals surface area contributed by atoms with Gasteiger partial charge in [0.25, 0.3) is 0 Å². The lowest BCUT2D eigenvalue weighted by Gasteiger charge is -2.43. The van der Waals surface area contributed by atoms with Crippen molar-refractivity contribution in [2.75, 3.05) is 52.4 Å². The van der Waals surface area contributed by atoms with E-state index in [0.29, 0.717) is 0 Å². The molecule has 0 unspecified atom stereocenters. The first-order valence-corrected chi connectivity index (χ1v) is 16.4. The van der Waals surface area contributed by atoms with Crippen LogP contribution in [0.15, 0.2) is 24.6 Å². The standard InChI is InChI=1S/2C11H26N2Si/c2*1-7-12(8-2)14(6,11-5)13(9-3)10-4/h2*11H,5,7-10H2,1-4,6H3. The lowest BCUT2D eigenvalue weighted by atomic mass is 10.7. The van der Waals surface area contributed by atoms with Gasteiger partial charge in [-0.05, 0) is 65.5 Å². The summed E-state index contributed by atoms with van der Waals surface area (Å²) < 4.78 is 10.3. The SMILES string of the molecule is C=C[Si](C)(N(CC)CC)N(CC)CC.C=C[Si](C)(N(CC)CC)N(CC)CC. The predicted octanol–water partition coefficient (Wildman–Crippen LogP) is 4.93. The van der Waals surface area contributed by atoms with Crippen molar-refractivity contribution in [3.63, 3.8) is 0 Å². The first-order valence-electron chi connectivity index (χ1n) is 11.5. The van der Waals surface area contributed by atoms with Gasteiger partial charge in [-0.2, -0.15) is 0 Å². The van der Waals surface area contributed by atoms with Gasteiger partial charge in [0.15, 0.2) is 0 Å². The highest BCUT2D eigenvalue weighted by atomic mass is 28.4. The molecule has 0 aliphatic rings. The molecule has 0 atom stereocenters. The molecular weight excluding hydrogens is 376 g/mol. The smallest absolute Gasteiger partial charge is 0.228 e. The molecule has 0 radical (unpaired) electrons. The van der Waals surface area contributed by atoms with Crippen LogP contribution in [0.4, 0.5) is 0 Å². The highest BCUT2D eigenvalue weighted by Crippen LogP contribution is 2.17. The van der Waals surface area contributed by atoms with Gasteiger partial charge in [-0.15, -0.1) is 13.2 Å². The Kier molecular flexibility index (Phi) is 16.7. The Hall–Kier alpha value is -0.246. The van der Waals surface area contributed by atoms with Gasteiger partial charge in [-0.3, -0.25) is 0 Å². The van der Waals surface area contributed by atoms with Crippen molar-refractivity contribution in [3.05, 3.63) is 24.6 Å². The molecule has 168 valence electrons. The van der Waals surface area contributed by atoms with Crippen molar-refractivity contribution in [2.45, 2.75) is 68.5 Å². The second-order valence-electron chi connectivity index (χ2n) is 7.29. The van der Waals surface area contributed by atoms with Crippen LogP contribution in [0.1, 0.15) is 55.4 Å². The summed E-state index contributed by atoms with van der Waals surface area (Å²) in [5.74, 6) is 0. The quantitative estimate of drug-likeness (QED) is 0.363. The molecular formula is C22H52N4Si2. The minimum atomic E-state index is -1.55. The molecule has 4 nitrogen and oxygen atoms in total. The molecule has 28 heavy (non-hydrogen) atoms. The van der Waals surface area contributed by atoms with Gasteiger partial charge >= 0.3 is 0 Å². The molecule has 0 aromatic rings. The van der Waals surface area contributed by atoms with Crippen LogP contribution in [0.25, 0.3) is 0 Å². The first kappa shape index (κ1) is 30.0. The van der Waals surface area contributed by atoms with Crippen LogP contribution in [0.2, 0.25) is 13.1 Å². The van der Waals surface area contributed by atoms with Crippen LogP contribution in [0, 0.1) is 0 Å². The van der Waals surface area contributed by atoms with E-state index in [9.17, 15) is 0 Å². The van der Waals surface area contributed by atoms with Crippen molar-refractivity contribution >= 4 is 16.8 Å². The van der Waals surface area contributed by atoms with E-state index in [-0.39, 0.29) is 0 Å². The van der Waals surface area contributed by atoms with E-state index < -0.39 is 16.8 Å². The van der Waals surface area contributed by atoms with E-state index in [0.717, 1.165) is 52.4 Å². The molecule has 0 rings (SSSR count).